The molecule has 5 heteroatoms. The highest BCUT2D eigenvalue weighted by Crippen LogP contribution is 2.29. The summed E-state index contributed by atoms with van der Waals surface area (Å²) in [6, 6.07) is 7.62. The second-order valence-electron chi connectivity index (χ2n) is 4.72. The van der Waals surface area contributed by atoms with Crippen LogP contribution in [0.1, 0.15) is 27.2 Å². The summed E-state index contributed by atoms with van der Waals surface area (Å²) in [6.07, 6.45) is 0.555. The first kappa shape index (κ1) is 16.3. The summed E-state index contributed by atoms with van der Waals surface area (Å²) in [7, 11) is 0. The first-order chi connectivity index (χ1) is 8.85. The molecule has 0 saturated carbocycles. The Balaban J connectivity index is 2.56. The van der Waals surface area contributed by atoms with Crippen LogP contribution in [0.4, 0.5) is 0 Å². The number of ether oxygens (including phenoxy) is 1. The highest BCUT2D eigenvalue weighted by atomic mass is 35.5. The third-order valence-electron chi connectivity index (χ3n) is 2.60. The molecule has 2 atom stereocenters. The molecule has 19 heavy (non-hydrogen) atoms. The van der Waals surface area contributed by atoms with Gasteiger partial charge in [0.2, 0.25) is 0 Å². The van der Waals surface area contributed by atoms with Crippen molar-refractivity contribution in [2.75, 3.05) is 6.61 Å². The average molecular weight is 302 g/mol. The Kier molecular flexibility index (Phi) is 6.17. The fourth-order valence-corrected chi connectivity index (χ4v) is 3.08. The SMILES string of the molecule is CCOC(=O)C(C)(N)CC(C)Sc1ccc(Cl)cc1. The molecule has 0 heterocycles. The molecule has 1 aromatic rings. The van der Waals surface area contributed by atoms with E-state index in [1.54, 1.807) is 25.6 Å². The minimum absolute atomic E-state index is 0.209. The van der Waals surface area contributed by atoms with Crippen LogP contribution in [0.25, 0.3) is 0 Å². The van der Waals surface area contributed by atoms with E-state index in [-0.39, 0.29) is 11.2 Å². The molecule has 0 amide bonds. The standard InChI is InChI=1S/C14H20ClNO2S/c1-4-18-13(17)14(3,16)9-10(2)19-12-7-5-11(15)6-8-12/h5-8,10H,4,9,16H2,1-3H3. The summed E-state index contributed by atoms with van der Waals surface area (Å²) in [5, 5.41) is 0.924. The second kappa shape index (κ2) is 7.17. The minimum atomic E-state index is -0.950. The van der Waals surface area contributed by atoms with Gasteiger partial charge in [-0.25, -0.2) is 0 Å². The Morgan fingerprint density at radius 2 is 2.05 bits per heavy atom. The number of esters is 1. The van der Waals surface area contributed by atoms with Crippen LogP contribution < -0.4 is 5.73 Å². The Morgan fingerprint density at radius 1 is 1.47 bits per heavy atom. The van der Waals surface area contributed by atoms with Crippen LogP contribution in [0, 0.1) is 0 Å². The molecule has 0 spiro atoms. The minimum Gasteiger partial charge on any atom is -0.465 e. The van der Waals surface area contributed by atoms with Crippen molar-refractivity contribution >= 4 is 29.3 Å². The zero-order chi connectivity index (χ0) is 14.5. The first-order valence-electron chi connectivity index (χ1n) is 6.23. The number of hydrogen-bond acceptors (Lipinski definition) is 4. The van der Waals surface area contributed by atoms with E-state index < -0.39 is 5.54 Å². The zero-order valence-electron chi connectivity index (χ0n) is 11.5. The summed E-state index contributed by atoms with van der Waals surface area (Å²) >= 11 is 7.51. The van der Waals surface area contributed by atoms with E-state index in [0.29, 0.717) is 18.1 Å². The maximum atomic E-state index is 11.7. The molecule has 1 rings (SSSR count). The number of thioether (sulfide) groups is 1. The predicted octanol–water partition coefficient (Wildman–Crippen LogP) is 3.49. The van der Waals surface area contributed by atoms with Gasteiger partial charge in [-0.1, -0.05) is 18.5 Å². The van der Waals surface area contributed by atoms with Gasteiger partial charge in [-0.3, -0.25) is 4.79 Å². The summed E-state index contributed by atoms with van der Waals surface area (Å²) in [4.78, 5) is 12.8. The molecule has 0 bridgehead atoms. The van der Waals surface area contributed by atoms with Crippen molar-refractivity contribution in [1.29, 1.82) is 0 Å². The zero-order valence-corrected chi connectivity index (χ0v) is 13.1. The van der Waals surface area contributed by atoms with Gasteiger partial charge >= 0.3 is 5.97 Å². The van der Waals surface area contributed by atoms with Crippen LogP contribution in [0.2, 0.25) is 5.02 Å². The van der Waals surface area contributed by atoms with Crippen LogP contribution in [-0.4, -0.2) is 23.4 Å². The molecule has 0 aromatic heterocycles. The molecular weight excluding hydrogens is 282 g/mol. The van der Waals surface area contributed by atoms with Crippen LogP contribution in [-0.2, 0) is 9.53 Å². The predicted molar refractivity (Wildman–Crippen MR) is 80.6 cm³/mol. The van der Waals surface area contributed by atoms with E-state index in [9.17, 15) is 4.79 Å². The second-order valence-corrected chi connectivity index (χ2v) is 6.67. The lowest BCUT2D eigenvalue weighted by Crippen LogP contribution is -2.47. The molecule has 106 valence electrons. The molecule has 2 unspecified atom stereocenters. The number of halogens is 1. The largest absolute Gasteiger partial charge is 0.465 e. The third kappa shape index (κ3) is 5.43. The van der Waals surface area contributed by atoms with E-state index in [2.05, 4.69) is 0 Å². The normalized spacial score (nSPS) is 15.6. The fourth-order valence-electron chi connectivity index (χ4n) is 1.76. The van der Waals surface area contributed by atoms with Crippen molar-refractivity contribution in [3.63, 3.8) is 0 Å². The van der Waals surface area contributed by atoms with Crippen molar-refractivity contribution in [2.45, 2.75) is 42.9 Å². The van der Waals surface area contributed by atoms with Gasteiger partial charge in [0.25, 0.3) is 0 Å². The van der Waals surface area contributed by atoms with E-state index in [1.807, 2.05) is 31.2 Å². The molecule has 3 nitrogen and oxygen atoms in total. The van der Waals surface area contributed by atoms with Crippen molar-refractivity contribution in [3.05, 3.63) is 29.3 Å². The first-order valence-corrected chi connectivity index (χ1v) is 7.49. The van der Waals surface area contributed by atoms with Crippen molar-refractivity contribution < 1.29 is 9.53 Å². The number of carbonyl (C=O) groups is 1. The lowest BCUT2D eigenvalue weighted by Gasteiger charge is -2.25. The smallest absolute Gasteiger partial charge is 0.325 e. The van der Waals surface area contributed by atoms with Gasteiger partial charge in [0.1, 0.15) is 5.54 Å². The van der Waals surface area contributed by atoms with Crippen LogP contribution >= 0.6 is 23.4 Å². The fraction of sp³-hybridized carbons (Fsp3) is 0.500. The Hall–Kier alpha value is -0.710. The van der Waals surface area contributed by atoms with Crippen molar-refractivity contribution in [1.82, 2.24) is 0 Å². The van der Waals surface area contributed by atoms with Crippen molar-refractivity contribution in [3.8, 4) is 0 Å². The molecule has 0 aliphatic carbocycles. The Bertz CT molecular complexity index is 420. The Labute approximate surface area is 123 Å². The topological polar surface area (TPSA) is 52.3 Å². The highest BCUT2D eigenvalue weighted by Gasteiger charge is 2.31. The summed E-state index contributed by atoms with van der Waals surface area (Å²) in [6.45, 7) is 5.89. The molecule has 0 saturated heterocycles. The van der Waals surface area contributed by atoms with Crippen LogP contribution in [0.5, 0.6) is 0 Å². The van der Waals surface area contributed by atoms with Gasteiger partial charge in [-0.05, 0) is 44.5 Å². The molecular formula is C14H20ClNO2S. The number of benzene rings is 1. The highest BCUT2D eigenvalue weighted by molar-refractivity contribution is 7.99. The summed E-state index contributed by atoms with van der Waals surface area (Å²) in [5.74, 6) is -0.349. The molecule has 1 aromatic carbocycles. The number of carbonyl (C=O) groups excluding carboxylic acids is 1. The maximum absolute atomic E-state index is 11.7. The van der Waals surface area contributed by atoms with Gasteiger partial charge in [0, 0.05) is 15.2 Å². The van der Waals surface area contributed by atoms with E-state index in [0.717, 1.165) is 4.90 Å². The van der Waals surface area contributed by atoms with Crippen molar-refractivity contribution in [2.24, 2.45) is 5.73 Å². The van der Waals surface area contributed by atoms with E-state index >= 15 is 0 Å². The molecule has 2 N–H and O–H groups in total. The van der Waals surface area contributed by atoms with E-state index in [1.165, 1.54) is 0 Å². The van der Waals surface area contributed by atoms with Gasteiger partial charge in [0.15, 0.2) is 0 Å². The average Bonchev–Trinajstić information content (AvgIpc) is 2.31. The summed E-state index contributed by atoms with van der Waals surface area (Å²) in [5.41, 5.74) is 5.07. The monoisotopic (exact) mass is 301 g/mol. The Morgan fingerprint density at radius 3 is 2.58 bits per heavy atom. The maximum Gasteiger partial charge on any atom is 0.325 e. The number of hydrogen-bond donors (Lipinski definition) is 1. The van der Waals surface area contributed by atoms with Gasteiger partial charge in [0.05, 0.1) is 6.61 Å². The third-order valence-corrected chi connectivity index (χ3v) is 3.97. The van der Waals surface area contributed by atoms with Crippen LogP contribution in [0.3, 0.4) is 0 Å². The number of rotatable bonds is 6. The lowest BCUT2D eigenvalue weighted by atomic mass is 9.98. The van der Waals surface area contributed by atoms with Gasteiger partial charge in [-0.2, -0.15) is 0 Å². The van der Waals surface area contributed by atoms with E-state index in [4.69, 9.17) is 22.1 Å². The molecule has 0 aliphatic rings. The lowest BCUT2D eigenvalue weighted by molar-refractivity contribution is -0.149. The molecule has 0 aliphatic heterocycles. The molecule has 0 fully saturated rings. The quantitative estimate of drug-likeness (QED) is 0.645. The van der Waals surface area contributed by atoms with Gasteiger partial charge < -0.3 is 10.5 Å². The number of nitrogens with two attached hydrogens (primary N) is 1. The molecule has 0 radical (unpaired) electrons. The summed E-state index contributed by atoms with van der Waals surface area (Å²) < 4.78 is 4.98. The van der Waals surface area contributed by atoms with Gasteiger partial charge in [-0.15, -0.1) is 11.8 Å². The van der Waals surface area contributed by atoms with Crippen LogP contribution in [0.15, 0.2) is 29.2 Å².